The van der Waals surface area contributed by atoms with Gasteiger partial charge in [-0.1, -0.05) is 6.07 Å². The summed E-state index contributed by atoms with van der Waals surface area (Å²) in [6.07, 6.45) is -2.16. The minimum Gasteiger partial charge on any atom is -0.380 e. The van der Waals surface area contributed by atoms with Crippen LogP contribution < -0.4 is 5.56 Å². The number of aryl methyl sites for hydroxylation is 1. The lowest BCUT2D eigenvalue weighted by Gasteiger charge is -2.23. The Bertz CT molecular complexity index is 1050. The summed E-state index contributed by atoms with van der Waals surface area (Å²) >= 11 is 0. The largest absolute Gasteiger partial charge is 0.416 e. The predicted octanol–water partition coefficient (Wildman–Crippen LogP) is 2.68. The zero-order valence-electron chi connectivity index (χ0n) is 14.2. The van der Waals surface area contributed by atoms with E-state index < -0.39 is 28.7 Å². The van der Waals surface area contributed by atoms with Gasteiger partial charge >= 0.3 is 6.18 Å². The van der Waals surface area contributed by atoms with Crippen molar-refractivity contribution >= 4 is 0 Å². The molecule has 1 aromatic carbocycles. The molecule has 6 nitrogen and oxygen atoms in total. The van der Waals surface area contributed by atoms with Crippen LogP contribution in [0, 0.1) is 12.7 Å². The number of hydrogen-bond acceptors (Lipinski definition) is 4. The first-order chi connectivity index (χ1) is 12.5. The molecular formula is C17H14F4N4O2. The van der Waals surface area contributed by atoms with Gasteiger partial charge in [0.15, 0.2) is 5.82 Å². The summed E-state index contributed by atoms with van der Waals surface area (Å²) in [5, 5.41) is 14.7. The molecule has 0 bridgehead atoms. The van der Waals surface area contributed by atoms with E-state index >= 15 is 0 Å². The number of aliphatic hydroxyl groups is 1. The fourth-order valence-corrected chi connectivity index (χ4v) is 2.62. The molecule has 1 atom stereocenters. The summed E-state index contributed by atoms with van der Waals surface area (Å²) in [5.74, 6) is -0.686. The Balaban J connectivity index is 2.01. The maximum Gasteiger partial charge on any atom is 0.416 e. The van der Waals surface area contributed by atoms with Gasteiger partial charge in [0.05, 0.1) is 11.8 Å². The summed E-state index contributed by atoms with van der Waals surface area (Å²) in [7, 11) is 0. The van der Waals surface area contributed by atoms with Gasteiger partial charge in [0.2, 0.25) is 0 Å². The molecular weight excluding hydrogens is 368 g/mol. The molecule has 0 fully saturated rings. The third-order valence-corrected chi connectivity index (χ3v) is 4.05. The van der Waals surface area contributed by atoms with E-state index in [1.165, 1.54) is 30.1 Å². The van der Waals surface area contributed by atoms with Crippen LogP contribution in [0.25, 0.3) is 5.82 Å². The third kappa shape index (κ3) is 3.61. The quantitative estimate of drug-likeness (QED) is 0.683. The lowest BCUT2D eigenvalue weighted by atomic mass is 9.89. The Morgan fingerprint density at radius 2 is 1.89 bits per heavy atom. The van der Waals surface area contributed by atoms with Crippen molar-refractivity contribution in [2.75, 3.05) is 0 Å². The van der Waals surface area contributed by atoms with E-state index in [1.54, 1.807) is 6.92 Å². The number of H-pyrrole nitrogens is 1. The van der Waals surface area contributed by atoms with Gasteiger partial charge in [0, 0.05) is 23.4 Å². The van der Waals surface area contributed by atoms with E-state index in [9.17, 15) is 27.5 Å². The van der Waals surface area contributed by atoms with Crippen molar-refractivity contribution in [3.05, 3.63) is 75.3 Å². The van der Waals surface area contributed by atoms with Crippen LogP contribution in [-0.2, 0) is 11.8 Å². The summed E-state index contributed by atoms with van der Waals surface area (Å²) in [6.45, 7) is 2.81. The Labute approximate surface area is 150 Å². The van der Waals surface area contributed by atoms with Crippen LogP contribution in [0.15, 0.2) is 41.5 Å². The van der Waals surface area contributed by atoms with Crippen molar-refractivity contribution in [2.24, 2.45) is 0 Å². The minimum atomic E-state index is -4.69. The Morgan fingerprint density at radius 3 is 2.48 bits per heavy atom. The Kier molecular flexibility index (Phi) is 4.38. The molecule has 0 spiro atoms. The second-order valence-corrected chi connectivity index (χ2v) is 6.13. The smallest absolute Gasteiger partial charge is 0.380 e. The van der Waals surface area contributed by atoms with Crippen molar-refractivity contribution in [2.45, 2.75) is 25.6 Å². The number of aromatic amines is 1. The van der Waals surface area contributed by atoms with Gasteiger partial charge < -0.3 is 10.1 Å². The van der Waals surface area contributed by atoms with E-state index in [0.717, 1.165) is 6.07 Å². The maximum atomic E-state index is 14.3. The number of alkyl halides is 3. The molecule has 0 saturated heterocycles. The number of hydrogen-bond donors (Lipinski definition) is 2. The van der Waals surface area contributed by atoms with E-state index in [0.29, 0.717) is 18.0 Å². The molecule has 10 heteroatoms. The topological polar surface area (TPSA) is 83.8 Å². The molecule has 0 amide bonds. The summed E-state index contributed by atoms with van der Waals surface area (Å²) in [5.41, 5.74) is -3.75. The monoisotopic (exact) mass is 382 g/mol. The number of rotatable bonds is 3. The van der Waals surface area contributed by atoms with E-state index in [-0.39, 0.29) is 16.9 Å². The molecule has 3 aromatic rings. The molecule has 0 saturated carbocycles. The van der Waals surface area contributed by atoms with Crippen LogP contribution in [0.1, 0.15) is 29.4 Å². The molecule has 27 heavy (non-hydrogen) atoms. The van der Waals surface area contributed by atoms with E-state index in [4.69, 9.17) is 0 Å². The second-order valence-electron chi connectivity index (χ2n) is 6.13. The minimum absolute atomic E-state index is 0.112. The number of halogens is 4. The first-order valence-corrected chi connectivity index (χ1v) is 7.71. The summed E-state index contributed by atoms with van der Waals surface area (Å²) in [4.78, 5) is 18.1. The van der Waals surface area contributed by atoms with Gasteiger partial charge in [-0.05, 0) is 26.0 Å². The number of aromatic nitrogens is 4. The average Bonchev–Trinajstić information content (AvgIpc) is 3.03. The zero-order chi connectivity index (χ0) is 20.0. The molecule has 0 radical (unpaired) electrons. The fraction of sp³-hybridized carbons (Fsp3) is 0.235. The molecule has 0 aliphatic heterocycles. The Hall–Kier alpha value is -3.01. The zero-order valence-corrected chi connectivity index (χ0v) is 14.2. The molecule has 2 heterocycles. The highest BCUT2D eigenvalue weighted by molar-refractivity contribution is 5.37. The fourth-order valence-electron chi connectivity index (χ4n) is 2.62. The molecule has 0 unspecified atom stereocenters. The summed E-state index contributed by atoms with van der Waals surface area (Å²) in [6, 6.07) is 3.08. The van der Waals surface area contributed by atoms with Crippen molar-refractivity contribution in [1.29, 1.82) is 0 Å². The third-order valence-electron chi connectivity index (χ3n) is 4.05. The number of benzene rings is 1. The van der Waals surface area contributed by atoms with E-state index in [1.807, 2.05) is 0 Å². The maximum absolute atomic E-state index is 14.3. The standard InChI is InChI=1S/C17H14F4N4O2/c1-9-23-14(6-15(26)24-9)25-8-11(7-22-25)16(2,27)12-4-3-10(5-13(12)18)17(19,20)21/h3-8,27H,1-2H3,(H,23,24,26)/t16-/m1/s1. The van der Waals surface area contributed by atoms with Crippen LogP contribution in [0.2, 0.25) is 0 Å². The molecule has 2 aromatic heterocycles. The lowest BCUT2D eigenvalue weighted by molar-refractivity contribution is -0.137. The van der Waals surface area contributed by atoms with Crippen molar-refractivity contribution in [1.82, 2.24) is 19.7 Å². The highest BCUT2D eigenvalue weighted by atomic mass is 19.4. The predicted molar refractivity (Wildman–Crippen MR) is 86.8 cm³/mol. The molecule has 0 aliphatic carbocycles. The van der Waals surface area contributed by atoms with Crippen LogP contribution >= 0.6 is 0 Å². The Morgan fingerprint density at radius 1 is 1.19 bits per heavy atom. The number of nitrogens with one attached hydrogen (secondary N) is 1. The van der Waals surface area contributed by atoms with E-state index in [2.05, 4.69) is 15.1 Å². The van der Waals surface area contributed by atoms with Gasteiger partial charge in [-0.15, -0.1) is 0 Å². The van der Waals surface area contributed by atoms with Crippen LogP contribution in [0.5, 0.6) is 0 Å². The highest BCUT2D eigenvalue weighted by Crippen LogP contribution is 2.35. The van der Waals surface area contributed by atoms with Crippen molar-refractivity contribution in [3.63, 3.8) is 0 Å². The van der Waals surface area contributed by atoms with Gasteiger partial charge in [0.1, 0.15) is 17.2 Å². The van der Waals surface area contributed by atoms with Crippen molar-refractivity contribution < 1.29 is 22.7 Å². The molecule has 142 valence electrons. The average molecular weight is 382 g/mol. The molecule has 3 rings (SSSR count). The van der Waals surface area contributed by atoms with Crippen LogP contribution in [-0.4, -0.2) is 24.9 Å². The molecule has 2 N–H and O–H groups in total. The normalized spacial score (nSPS) is 14.2. The molecule has 0 aliphatic rings. The van der Waals surface area contributed by atoms with Gasteiger partial charge in [-0.3, -0.25) is 4.79 Å². The van der Waals surface area contributed by atoms with Crippen LogP contribution in [0.4, 0.5) is 17.6 Å². The van der Waals surface area contributed by atoms with Crippen LogP contribution in [0.3, 0.4) is 0 Å². The highest BCUT2D eigenvalue weighted by Gasteiger charge is 2.35. The van der Waals surface area contributed by atoms with Gasteiger partial charge in [0.25, 0.3) is 5.56 Å². The van der Waals surface area contributed by atoms with Gasteiger partial charge in [-0.2, -0.15) is 18.3 Å². The second kappa shape index (κ2) is 6.31. The first kappa shape index (κ1) is 18.8. The summed E-state index contributed by atoms with van der Waals surface area (Å²) < 4.78 is 53.5. The lowest BCUT2D eigenvalue weighted by Crippen LogP contribution is -2.24. The SMILES string of the molecule is Cc1nc(-n2cc([C@@](C)(O)c3ccc(C(F)(F)F)cc3F)cn2)cc(=O)[nH]1. The van der Waals surface area contributed by atoms with Crippen molar-refractivity contribution in [3.8, 4) is 5.82 Å². The van der Waals surface area contributed by atoms with Gasteiger partial charge in [-0.25, -0.2) is 14.1 Å². The number of nitrogens with zero attached hydrogens (tertiary/aromatic N) is 3. The first-order valence-electron chi connectivity index (χ1n) is 7.71.